The van der Waals surface area contributed by atoms with Gasteiger partial charge in [0, 0.05) is 25.3 Å². The van der Waals surface area contributed by atoms with Crippen molar-refractivity contribution in [2.75, 3.05) is 19.4 Å². The van der Waals surface area contributed by atoms with Crippen LogP contribution in [0.25, 0.3) is 0 Å². The minimum absolute atomic E-state index is 0. The Labute approximate surface area is 178 Å². The second kappa shape index (κ2) is 9.73. The van der Waals surface area contributed by atoms with E-state index in [0.29, 0.717) is 18.1 Å². The van der Waals surface area contributed by atoms with Gasteiger partial charge in [-0.25, -0.2) is 4.99 Å². The third-order valence-electron chi connectivity index (χ3n) is 4.70. The van der Waals surface area contributed by atoms with Crippen LogP contribution in [-0.2, 0) is 19.4 Å². The molecule has 0 spiro atoms. The largest absolute Gasteiger partial charge is 0.370 e. The molecule has 0 radical (unpaired) electrons. The molecule has 5 nitrogen and oxygen atoms in total. The van der Waals surface area contributed by atoms with Gasteiger partial charge >= 0.3 is 0 Å². The summed E-state index contributed by atoms with van der Waals surface area (Å²) in [6, 6.07) is 13.8. The molecule has 3 rings (SSSR count). The lowest BCUT2D eigenvalue weighted by atomic mass is 9.90. The molecule has 1 aliphatic rings. The number of aliphatic imine (C=N–C) groups is 1. The fourth-order valence-corrected chi connectivity index (χ4v) is 3.26. The number of guanidine groups is 1. The van der Waals surface area contributed by atoms with Crippen molar-refractivity contribution in [1.82, 2.24) is 4.90 Å². The lowest BCUT2D eigenvalue weighted by molar-refractivity contribution is 0.0827. The van der Waals surface area contributed by atoms with E-state index in [1.54, 1.807) is 19.0 Å². The summed E-state index contributed by atoms with van der Waals surface area (Å²) in [5.41, 5.74) is 11.6. The molecule has 0 bridgehead atoms. The number of carbonyl (C=O) groups excluding carboxylic acids is 1. The molecular weight excluding hydrogens is 451 g/mol. The van der Waals surface area contributed by atoms with Crippen LogP contribution in [0.2, 0.25) is 0 Å². The van der Waals surface area contributed by atoms with Gasteiger partial charge in [0.05, 0.1) is 6.54 Å². The molecule has 2 aromatic carbocycles. The van der Waals surface area contributed by atoms with Crippen LogP contribution >= 0.6 is 24.0 Å². The maximum atomic E-state index is 11.9. The molecule has 0 fully saturated rings. The Bertz CT molecular complexity index is 815. The number of nitrogens with two attached hydrogens (primary N) is 1. The van der Waals surface area contributed by atoms with Crippen LogP contribution in [0.4, 0.5) is 5.69 Å². The number of halogens is 1. The number of hydrogen-bond acceptors (Lipinski definition) is 2. The first kappa shape index (κ1) is 21.2. The highest BCUT2D eigenvalue weighted by Crippen LogP contribution is 2.27. The second-order valence-corrected chi connectivity index (χ2v) is 6.87. The third-order valence-corrected chi connectivity index (χ3v) is 4.70. The first-order valence-electron chi connectivity index (χ1n) is 9.03. The maximum Gasteiger partial charge on any atom is 0.253 e. The Hall–Kier alpha value is -2.09. The van der Waals surface area contributed by atoms with E-state index < -0.39 is 0 Å². The van der Waals surface area contributed by atoms with Crippen molar-refractivity contribution in [3.05, 3.63) is 64.7 Å². The second-order valence-electron chi connectivity index (χ2n) is 6.87. The maximum absolute atomic E-state index is 11.9. The molecule has 0 aliphatic heterocycles. The van der Waals surface area contributed by atoms with E-state index in [4.69, 9.17) is 5.73 Å². The Balaban J connectivity index is 0.00000261. The third kappa shape index (κ3) is 5.45. The monoisotopic (exact) mass is 478 g/mol. The molecule has 0 heterocycles. The molecule has 0 unspecified atom stereocenters. The topological polar surface area (TPSA) is 70.7 Å². The minimum atomic E-state index is -0.00455. The SMILES string of the molecule is CN(C)C(=O)c1ccc(CN=C(N)Nc2cccc3c2CCCC3)cc1.I. The van der Waals surface area contributed by atoms with E-state index in [9.17, 15) is 4.79 Å². The van der Waals surface area contributed by atoms with Crippen LogP contribution in [0.3, 0.4) is 0 Å². The molecule has 1 aliphatic carbocycles. The predicted molar refractivity (Wildman–Crippen MR) is 122 cm³/mol. The van der Waals surface area contributed by atoms with Crippen LogP contribution < -0.4 is 11.1 Å². The number of hydrogen-bond donors (Lipinski definition) is 2. The molecule has 144 valence electrons. The van der Waals surface area contributed by atoms with Gasteiger partial charge in [-0.2, -0.15) is 0 Å². The van der Waals surface area contributed by atoms with Crippen molar-refractivity contribution in [1.29, 1.82) is 0 Å². The molecule has 1 amide bonds. The molecule has 6 heteroatoms. The van der Waals surface area contributed by atoms with Crippen molar-refractivity contribution in [3.8, 4) is 0 Å². The standard InChI is InChI=1S/C21H26N4O.HI/c1-25(2)20(26)17-12-10-15(11-13-17)14-23-21(22)24-19-9-5-7-16-6-3-4-8-18(16)19;/h5,7,9-13H,3-4,6,8,14H2,1-2H3,(H3,22,23,24);1H. The van der Waals surface area contributed by atoms with Crippen LogP contribution in [0, 0.1) is 0 Å². The smallest absolute Gasteiger partial charge is 0.253 e. The number of anilines is 1. The Kier molecular flexibility index (Phi) is 7.65. The number of fused-ring (bicyclic) bond motifs is 1. The number of carbonyl (C=O) groups is 1. The highest BCUT2D eigenvalue weighted by molar-refractivity contribution is 14.0. The van der Waals surface area contributed by atoms with Crippen molar-refractivity contribution < 1.29 is 4.79 Å². The fraction of sp³-hybridized carbons (Fsp3) is 0.333. The van der Waals surface area contributed by atoms with Crippen molar-refractivity contribution >= 4 is 41.5 Å². The van der Waals surface area contributed by atoms with Gasteiger partial charge in [-0.3, -0.25) is 4.79 Å². The van der Waals surface area contributed by atoms with Gasteiger partial charge in [0.15, 0.2) is 5.96 Å². The average Bonchev–Trinajstić information content (AvgIpc) is 2.66. The van der Waals surface area contributed by atoms with Crippen LogP contribution in [0.15, 0.2) is 47.5 Å². The summed E-state index contributed by atoms with van der Waals surface area (Å²) in [4.78, 5) is 17.9. The van der Waals surface area contributed by atoms with Crippen LogP contribution in [0.5, 0.6) is 0 Å². The molecule has 2 aromatic rings. The van der Waals surface area contributed by atoms with E-state index in [0.717, 1.165) is 24.1 Å². The molecule has 0 atom stereocenters. The number of aryl methyl sites for hydroxylation is 1. The number of benzene rings is 2. The van der Waals surface area contributed by atoms with Gasteiger partial charge in [0.25, 0.3) is 5.91 Å². The van der Waals surface area contributed by atoms with Gasteiger partial charge in [-0.15, -0.1) is 24.0 Å². The quantitative estimate of drug-likeness (QED) is 0.399. The lowest BCUT2D eigenvalue weighted by Crippen LogP contribution is -2.24. The Morgan fingerprint density at radius 2 is 1.81 bits per heavy atom. The molecule has 0 aromatic heterocycles. The summed E-state index contributed by atoms with van der Waals surface area (Å²) < 4.78 is 0. The van der Waals surface area contributed by atoms with E-state index in [1.807, 2.05) is 24.3 Å². The van der Waals surface area contributed by atoms with Gasteiger partial charge in [0.2, 0.25) is 0 Å². The summed E-state index contributed by atoms with van der Waals surface area (Å²) in [6.45, 7) is 0.476. The van der Waals surface area contributed by atoms with E-state index >= 15 is 0 Å². The number of nitrogens with one attached hydrogen (secondary N) is 1. The minimum Gasteiger partial charge on any atom is -0.370 e. The van der Waals surface area contributed by atoms with Gasteiger partial charge in [-0.1, -0.05) is 24.3 Å². The molecule has 3 N–H and O–H groups in total. The Morgan fingerprint density at radius 3 is 2.52 bits per heavy atom. The summed E-state index contributed by atoms with van der Waals surface area (Å²) in [5.74, 6) is 0.410. The normalized spacial score (nSPS) is 13.3. The van der Waals surface area contributed by atoms with Crippen LogP contribution in [0.1, 0.15) is 39.9 Å². The van der Waals surface area contributed by atoms with Crippen LogP contribution in [-0.4, -0.2) is 30.9 Å². The number of amides is 1. The lowest BCUT2D eigenvalue weighted by Gasteiger charge is -2.19. The molecular formula is C21H27IN4O. The number of rotatable bonds is 4. The van der Waals surface area contributed by atoms with Gasteiger partial charge in [0.1, 0.15) is 0 Å². The molecule has 0 saturated heterocycles. The first-order chi connectivity index (χ1) is 12.5. The zero-order chi connectivity index (χ0) is 18.5. The first-order valence-corrected chi connectivity index (χ1v) is 9.03. The molecule has 0 saturated carbocycles. The number of nitrogens with zero attached hydrogens (tertiary/aromatic N) is 2. The highest BCUT2D eigenvalue weighted by atomic mass is 127. The fourth-order valence-electron chi connectivity index (χ4n) is 3.26. The van der Waals surface area contributed by atoms with Crippen molar-refractivity contribution in [2.24, 2.45) is 10.7 Å². The van der Waals surface area contributed by atoms with Gasteiger partial charge < -0.3 is 16.0 Å². The van der Waals surface area contributed by atoms with Crippen molar-refractivity contribution in [3.63, 3.8) is 0 Å². The zero-order valence-electron chi connectivity index (χ0n) is 15.9. The van der Waals surface area contributed by atoms with E-state index in [2.05, 4.69) is 28.5 Å². The summed E-state index contributed by atoms with van der Waals surface area (Å²) in [7, 11) is 3.49. The Morgan fingerprint density at radius 1 is 1.11 bits per heavy atom. The predicted octanol–water partition coefficient (Wildman–Crippen LogP) is 3.81. The molecule has 27 heavy (non-hydrogen) atoms. The van der Waals surface area contributed by atoms with E-state index in [-0.39, 0.29) is 29.9 Å². The summed E-state index contributed by atoms with van der Waals surface area (Å²) in [6.07, 6.45) is 4.71. The van der Waals surface area contributed by atoms with E-state index in [1.165, 1.54) is 24.0 Å². The summed E-state index contributed by atoms with van der Waals surface area (Å²) >= 11 is 0. The zero-order valence-corrected chi connectivity index (χ0v) is 18.2. The highest BCUT2D eigenvalue weighted by Gasteiger charge is 2.13. The van der Waals surface area contributed by atoms with Gasteiger partial charge in [-0.05, 0) is 60.6 Å². The van der Waals surface area contributed by atoms with Crippen molar-refractivity contribution in [2.45, 2.75) is 32.2 Å². The summed E-state index contributed by atoms with van der Waals surface area (Å²) in [5, 5.41) is 3.25. The average molecular weight is 478 g/mol.